The van der Waals surface area contributed by atoms with Gasteiger partial charge in [0.25, 0.3) is 11.8 Å². The Kier molecular flexibility index (Phi) is 9.43. The smallest absolute Gasteiger partial charge is 0.260 e. The summed E-state index contributed by atoms with van der Waals surface area (Å²) in [5, 5.41) is 13.3. The Morgan fingerprint density at radius 2 is 1.53 bits per heavy atom. The minimum atomic E-state index is -1.68. The molecule has 2 saturated heterocycles. The van der Waals surface area contributed by atoms with Gasteiger partial charge in [-0.15, -0.1) is 0 Å². The van der Waals surface area contributed by atoms with Gasteiger partial charge >= 0.3 is 0 Å². The molecule has 10 nitrogen and oxygen atoms in total. The van der Waals surface area contributed by atoms with Crippen LogP contribution in [0.4, 0.5) is 15.8 Å². The Morgan fingerprint density at radius 3 is 2.22 bits per heavy atom. The van der Waals surface area contributed by atoms with Crippen LogP contribution in [-0.4, -0.2) is 46.1 Å². The number of phenolic OH excluding ortho intramolecular Hbond substituents is 1. The van der Waals surface area contributed by atoms with Crippen molar-refractivity contribution in [2.24, 2.45) is 23.7 Å². The number of nitrogens with one attached hydrogen (secondary N) is 1. The summed E-state index contributed by atoms with van der Waals surface area (Å²) in [6.45, 7) is 2.02. The molecular formula is C47H37ClFN3O7. The maximum absolute atomic E-state index is 15.4. The summed E-state index contributed by atoms with van der Waals surface area (Å²) < 4.78 is 19.8. The summed E-state index contributed by atoms with van der Waals surface area (Å²) >= 11 is 6.39. The number of imide groups is 2. The van der Waals surface area contributed by atoms with E-state index in [-0.39, 0.29) is 42.4 Å². The van der Waals surface area contributed by atoms with Crippen molar-refractivity contribution >= 4 is 52.4 Å². The molecule has 3 fully saturated rings. The number of hydrazine groups is 1. The lowest BCUT2D eigenvalue weighted by Crippen LogP contribution is -2.53. The van der Waals surface area contributed by atoms with E-state index in [4.69, 9.17) is 16.3 Å². The number of para-hydroxylation sites is 1. The molecule has 0 aromatic heterocycles. The average molecular weight is 810 g/mol. The topological polar surface area (TPSA) is 133 Å². The number of ether oxygens (including phenoxy) is 1. The van der Waals surface area contributed by atoms with Crippen LogP contribution in [0.3, 0.4) is 0 Å². The predicted molar refractivity (Wildman–Crippen MR) is 217 cm³/mol. The second kappa shape index (κ2) is 14.7. The molecule has 2 N–H and O–H groups in total. The number of hydrogen-bond donors (Lipinski definition) is 2. The van der Waals surface area contributed by atoms with E-state index in [1.165, 1.54) is 24.3 Å². The monoisotopic (exact) mass is 809 g/mol. The minimum absolute atomic E-state index is 0.0155. The zero-order chi connectivity index (χ0) is 41.2. The molecule has 5 aromatic carbocycles. The Morgan fingerprint density at radius 1 is 0.831 bits per heavy atom. The van der Waals surface area contributed by atoms with Gasteiger partial charge in [0.15, 0.2) is 17.3 Å². The van der Waals surface area contributed by atoms with Gasteiger partial charge < -0.3 is 9.84 Å². The van der Waals surface area contributed by atoms with E-state index in [1.54, 1.807) is 97.9 Å². The van der Waals surface area contributed by atoms with Crippen molar-refractivity contribution in [1.29, 1.82) is 0 Å². The molecular weight excluding hydrogens is 773 g/mol. The normalized spacial score (nSPS) is 24.7. The summed E-state index contributed by atoms with van der Waals surface area (Å²) in [6.07, 6.45) is 2.06. The quantitative estimate of drug-likeness (QED) is 0.0870. The van der Waals surface area contributed by atoms with E-state index in [0.29, 0.717) is 38.5 Å². The number of aromatic hydroxyl groups is 1. The molecule has 0 unspecified atom stereocenters. The maximum Gasteiger partial charge on any atom is 0.260 e. The van der Waals surface area contributed by atoms with Crippen LogP contribution in [0.5, 0.6) is 11.5 Å². The zero-order valence-corrected chi connectivity index (χ0v) is 32.4. The van der Waals surface area contributed by atoms with E-state index in [1.807, 2.05) is 12.1 Å². The molecule has 4 aliphatic rings. The molecule has 9 rings (SSSR count). The lowest BCUT2D eigenvalue weighted by atomic mass is 9.49. The van der Waals surface area contributed by atoms with Crippen LogP contribution in [0.15, 0.2) is 133 Å². The first-order chi connectivity index (χ1) is 28.5. The molecule has 2 aliphatic heterocycles. The van der Waals surface area contributed by atoms with Crippen molar-refractivity contribution in [2.45, 2.75) is 31.1 Å². The van der Waals surface area contributed by atoms with Crippen LogP contribution >= 0.6 is 11.6 Å². The zero-order valence-electron chi connectivity index (χ0n) is 31.7. The lowest BCUT2D eigenvalue weighted by molar-refractivity contribution is -0.138. The Labute approximate surface area is 343 Å². The Bertz CT molecular complexity index is 2560. The van der Waals surface area contributed by atoms with E-state index in [9.17, 15) is 28.7 Å². The third-order valence-corrected chi connectivity index (χ3v) is 12.6. The number of nitrogens with zero attached hydrogens (tertiary/aromatic N) is 2. The van der Waals surface area contributed by atoms with E-state index in [0.717, 1.165) is 9.91 Å². The second-order valence-corrected chi connectivity index (χ2v) is 15.7. The number of carbonyl (C=O) groups is 5. The molecule has 0 spiro atoms. The second-order valence-electron chi connectivity index (χ2n) is 15.3. The number of phenols is 1. The first-order valence-electron chi connectivity index (χ1n) is 19.4. The standard InChI is InChI=1S/C47H37ClFN3O7/c1-2-59-38-10-6-9-35(42(38)54)40-33-23-24-34-39(45(57)51(43(34)55)32-21-11-27(12-22-32)41(53)26-7-4-3-5-8-26)36(33)25-37-44(56)52(50-31-19-17-30(49)18-20-31)46(58)47(37,40)28-13-15-29(48)16-14-28/h3-23,34,36-37,39-40,50,54H,2,24-25H2,1H3/t34-,36+,37-,39-,40+,47+/m0/s1. The molecule has 1 saturated carbocycles. The summed E-state index contributed by atoms with van der Waals surface area (Å²) in [4.78, 5) is 73.7. The van der Waals surface area contributed by atoms with E-state index >= 15 is 4.79 Å². The number of amides is 4. The number of anilines is 2. The predicted octanol–water partition coefficient (Wildman–Crippen LogP) is 8.00. The van der Waals surface area contributed by atoms with Crippen molar-refractivity contribution in [3.63, 3.8) is 0 Å². The summed E-state index contributed by atoms with van der Waals surface area (Å²) in [7, 11) is 0. The van der Waals surface area contributed by atoms with Gasteiger partial charge in [-0.3, -0.25) is 34.3 Å². The highest BCUT2D eigenvalue weighted by molar-refractivity contribution is 6.30. The van der Waals surface area contributed by atoms with Gasteiger partial charge in [0.1, 0.15) is 5.82 Å². The van der Waals surface area contributed by atoms with Crippen LogP contribution in [0.1, 0.15) is 52.7 Å². The van der Waals surface area contributed by atoms with Gasteiger partial charge in [-0.2, -0.15) is 5.01 Å². The maximum atomic E-state index is 15.4. The summed E-state index contributed by atoms with van der Waals surface area (Å²) in [5.41, 5.74) is 4.15. The fraction of sp³-hybridized carbons (Fsp3) is 0.213. The van der Waals surface area contributed by atoms with Crippen molar-refractivity contribution in [3.8, 4) is 11.5 Å². The third-order valence-electron chi connectivity index (χ3n) is 12.3. The number of carbonyl (C=O) groups excluding carboxylic acids is 5. The molecule has 0 radical (unpaired) electrons. The number of fused-ring (bicyclic) bond motifs is 4. The highest BCUT2D eigenvalue weighted by Gasteiger charge is 2.70. The summed E-state index contributed by atoms with van der Waals surface area (Å²) in [6, 6.07) is 32.0. The average Bonchev–Trinajstić information content (AvgIpc) is 3.63. The molecule has 59 heavy (non-hydrogen) atoms. The van der Waals surface area contributed by atoms with Gasteiger partial charge in [0, 0.05) is 27.6 Å². The van der Waals surface area contributed by atoms with Crippen molar-refractivity contribution in [2.75, 3.05) is 16.9 Å². The van der Waals surface area contributed by atoms with Gasteiger partial charge in [-0.1, -0.05) is 77.8 Å². The number of halogens is 2. The van der Waals surface area contributed by atoms with E-state index < -0.39 is 64.5 Å². The van der Waals surface area contributed by atoms with Crippen molar-refractivity contribution < 1.29 is 38.2 Å². The third kappa shape index (κ3) is 5.94. The fourth-order valence-electron chi connectivity index (χ4n) is 9.82. The number of ketones is 1. The molecule has 12 heteroatoms. The molecule has 4 amide bonds. The minimum Gasteiger partial charge on any atom is -0.504 e. The van der Waals surface area contributed by atoms with Crippen LogP contribution in [0.25, 0.3) is 0 Å². The molecule has 2 heterocycles. The van der Waals surface area contributed by atoms with Gasteiger partial charge in [0.05, 0.1) is 41.2 Å². The van der Waals surface area contributed by atoms with E-state index in [2.05, 4.69) is 5.43 Å². The van der Waals surface area contributed by atoms with Gasteiger partial charge in [0.2, 0.25) is 11.8 Å². The molecule has 296 valence electrons. The highest BCUT2D eigenvalue weighted by atomic mass is 35.5. The largest absolute Gasteiger partial charge is 0.504 e. The number of allylic oxidation sites excluding steroid dienone is 2. The SMILES string of the molecule is CCOc1cccc([C@H]2C3=CC[C@@H]4C(=O)N(c5ccc(C(=O)c6ccccc6)cc5)C(=O)[C@@H]4[C@@H]3C[C@H]3C(=O)N(Nc4ccc(F)cc4)C(=O)[C@@]23c2ccc(Cl)cc2)c1O. The van der Waals surface area contributed by atoms with Gasteiger partial charge in [-0.05, 0) is 98.0 Å². The lowest BCUT2D eigenvalue weighted by Gasteiger charge is -2.50. The fourth-order valence-corrected chi connectivity index (χ4v) is 9.94. The summed E-state index contributed by atoms with van der Waals surface area (Å²) in [5.74, 6) is -7.33. The highest BCUT2D eigenvalue weighted by Crippen LogP contribution is 2.65. The van der Waals surface area contributed by atoms with Crippen LogP contribution in [0.2, 0.25) is 5.02 Å². The molecule has 6 atom stereocenters. The Hall–Kier alpha value is -6.59. The first-order valence-corrected chi connectivity index (χ1v) is 19.8. The Balaban J connectivity index is 1.17. The number of hydrogen-bond acceptors (Lipinski definition) is 8. The molecule has 2 aliphatic carbocycles. The van der Waals surface area contributed by atoms with Gasteiger partial charge in [-0.25, -0.2) is 4.39 Å². The number of benzene rings is 5. The van der Waals surface area contributed by atoms with Crippen molar-refractivity contribution in [1.82, 2.24) is 5.01 Å². The molecule has 5 aromatic rings. The van der Waals surface area contributed by atoms with Crippen LogP contribution in [0, 0.1) is 29.5 Å². The first kappa shape index (κ1) is 38.0. The molecule has 0 bridgehead atoms. The van der Waals surface area contributed by atoms with Crippen molar-refractivity contribution in [3.05, 3.63) is 166 Å². The van der Waals surface area contributed by atoms with Crippen LogP contribution < -0.4 is 15.1 Å². The van der Waals surface area contributed by atoms with Crippen LogP contribution in [-0.2, 0) is 24.6 Å². The number of rotatable bonds is 9.